The number of imide groups is 1. The Morgan fingerprint density at radius 1 is 0.846 bits per heavy atom. The first-order chi connectivity index (χ1) is 18.9. The van der Waals surface area contributed by atoms with E-state index < -0.39 is 24.4 Å². The standard InChI is InChI=1S/C30H28ClN3O5/c31-25-9-5-4-8-24(25)27(35)20-39-30(38)22-10-12-23(13-11-22)34-28(36)18-26(29(34)37)33-16-14-32(15-17-33)19-21-6-2-1-3-7-21/h1-13,26H,14-20H2. The average molecular weight is 546 g/mol. The van der Waals surface area contributed by atoms with E-state index >= 15 is 0 Å². The molecule has 0 aliphatic carbocycles. The molecule has 0 aromatic heterocycles. The van der Waals surface area contributed by atoms with E-state index in [-0.39, 0.29) is 34.4 Å². The van der Waals surface area contributed by atoms with Gasteiger partial charge in [0.25, 0.3) is 5.91 Å². The molecule has 1 atom stereocenters. The van der Waals surface area contributed by atoms with Gasteiger partial charge < -0.3 is 4.74 Å². The molecule has 2 amide bonds. The predicted octanol–water partition coefficient (Wildman–Crippen LogP) is 3.83. The smallest absolute Gasteiger partial charge is 0.338 e. The van der Waals surface area contributed by atoms with Crippen molar-refractivity contribution in [2.45, 2.75) is 19.0 Å². The van der Waals surface area contributed by atoms with Gasteiger partial charge in [0.05, 0.1) is 28.7 Å². The largest absolute Gasteiger partial charge is 0.454 e. The number of Topliss-reactive ketones (excluding diaryl/α,β-unsaturated/α-hetero) is 1. The molecule has 2 heterocycles. The molecule has 0 N–H and O–H groups in total. The van der Waals surface area contributed by atoms with Crippen molar-refractivity contribution in [3.8, 4) is 0 Å². The number of piperazine rings is 1. The number of carbonyl (C=O) groups is 4. The van der Waals surface area contributed by atoms with Crippen molar-refractivity contribution in [2.24, 2.45) is 0 Å². The first kappa shape index (κ1) is 26.7. The minimum atomic E-state index is -0.688. The number of ether oxygens (including phenoxy) is 1. The van der Waals surface area contributed by atoms with Crippen molar-refractivity contribution in [3.63, 3.8) is 0 Å². The van der Waals surface area contributed by atoms with Crippen LogP contribution in [-0.2, 0) is 20.9 Å². The summed E-state index contributed by atoms with van der Waals surface area (Å²) in [5.74, 6) is -1.62. The molecule has 2 saturated heterocycles. The van der Waals surface area contributed by atoms with E-state index in [9.17, 15) is 19.2 Å². The van der Waals surface area contributed by atoms with Crippen LogP contribution < -0.4 is 4.90 Å². The van der Waals surface area contributed by atoms with Crippen LogP contribution in [0.3, 0.4) is 0 Å². The molecular formula is C30H28ClN3O5. The zero-order valence-electron chi connectivity index (χ0n) is 21.3. The van der Waals surface area contributed by atoms with Crippen LogP contribution in [0.4, 0.5) is 5.69 Å². The number of halogens is 1. The van der Waals surface area contributed by atoms with Gasteiger partial charge in [-0.3, -0.25) is 24.2 Å². The quantitative estimate of drug-likeness (QED) is 0.241. The molecule has 2 aliphatic heterocycles. The van der Waals surface area contributed by atoms with Crippen molar-refractivity contribution < 1.29 is 23.9 Å². The molecule has 0 bridgehead atoms. The molecule has 9 heteroatoms. The third-order valence-corrected chi connectivity index (χ3v) is 7.42. The summed E-state index contributed by atoms with van der Waals surface area (Å²) in [6, 6.07) is 22.4. The van der Waals surface area contributed by atoms with Gasteiger partial charge in [0.15, 0.2) is 6.61 Å². The molecule has 3 aromatic rings. The fourth-order valence-electron chi connectivity index (χ4n) is 4.97. The topological polar surface area (TPSA) is 87.2 Å². The lowest BCUT2D eigenvalue weighted by atomic mass is 10.1. The van der Waals surface area contributed by atoms with Crippen molar-refractivity contribution in [3.05, 3.63) is 101 Å². The average Bonchev–Trinajstić information content (AvgIpc) is 3.26. The van der Waals surface area contributed by atoms with Crippen molar-refractivity contribution in [1.29, 1.82) is 0 Å². The fourth-order valence-corrected chi connectivity index (χ4v) is 5.21. The van der Waals surface area contributed by atoms with Gasteiger partial charge >= 0.3 is 5.97 Å². The molecule has 1 unspecified atom stereocenters. The Kier molecular flexibility index (Phi) is 8.16. The second-order valence-electron chi connectivity index (χ2n) is 9.61. The van der Waals surface area contributed by atoms with Crippen molar-refractivity contribution in [2.75, 3.05) is 37.7 Å². The predicted molar refractivity (Wildman–Crippen MR) is 147 cm³/mol. The lowest BCUT2D eigenvalue weighted by molar-refractivity contribution is -0.123. The van der Waals surface area contributed by atoms with Gasteiger partial charge in [-0.2, -0.15) is 0 Å². The number of esters is 1. The molecule has 39 heavy (non-hydrogen) atoms. The Balaban J connectivity index is 1.15. The molecule has 8 nitrogen and oxygen atoms in total. The summed E-state index contributed by atoms with van der Waals surface area (Å²) in [4.78, 5) is 56.5. The number of amides is 2. The fraction of sp³-hybridized carbons (Fsp3) is 0.267. The highest BCUT2D eigenvalue weighted by Gasteiger charge is 2.43. The number of ketones is 1. The van der Waals surface area contributed by atoms with Crippen LogP contribution in [0.25, 0.3) is 0 Å². The maximum atomic E-state index is 13.3. The maximum Gasteiger partial charge on any atom is 0.338 e. The van der Waals surface area contributed by atoms with Crippen LogP contribution in [-0.4, -0.2) is 72.2 Å². The summed E-state index contributed by atoms with van der Waals surface area (Å²) in [7, 11) is 0. The van der Waals surface area contributed by atoms with E-state index in [1.165, 1.54) is 22.6 Å². The number of hydrogen-bond donors (Lipinski definition) is 0. The van der Waals surface area contributed by atoms with Gasteiger partial charge in [-0.05, 0) is 42.0 Å². The van der Waals surface area contributed by atoms with E-state index in [2.05, 4.69) is 21.9 Å². The number of carbonyl (C=O) groups excluding carboxylic acids is 4. The number of rotatable bonds is 8. The Bertz CT molecular complexity index is 1370. The number of benzene rings is 3. The zero-order valence-corrected chi connectivity index (χ0v) is 22.0. The molecule has 2 aliphatic rings. The van der Waals surface area contributed by atoms with Crippen molar-refractivity contribution in [1.82, 2.24) is 9.80 Å². The van der Waals surface area contributed by atoms with Crippen LogP contribution in [0.1, 0.15) is 32.7 Å². The SMILES string of the molecule is O=C(OCC(=O)c1ccccc1Cl)c1ccc(N2C(=O)CC(N3CCN(Cc4ccccc4)CC3)C2=O)cc1. The molecule has 2 fully saturated rings. The number of nitrogens with zero attached hydrogens (tertiary/aromatic N) is 3. The second-order valence-corrected chi connectivity index (χ2v) is 10.0. The number of anilines is 1. The van der Waals surface area contributed by atoms with Gasteiger partial charge in [-0.15, -0.1) is 0 Å². The Hall–Kier alpha value is -3.85. The first-order valence-electron chi connectivity index (χ1n) is 12.8. The molecule has 200 valence electrons. The second kappa shape index (κ2) is 11.9. The summed E-state index contributed by atoms with van der Waals surface area (Å²) in [5, 5.41) is 0.287. The van der Waals surface area contributed by atoms with E-state index in [4.69, 9.17) is 16.3 Å². The molecule has 0 saturated carbocycles. The normalized spacial score (nSPS) is 18.4. The molecule has 3 aromatic carbocycles. The first-order valence-corrected chi connectivity index (χ1v) is 13.2. The Morgan fingerprint density at radius 2 is 1.51 bits per heavy atom. The van der Waals surface area contributed by atoms with Gasteiger partial charge in [0.2, 0.25) is 11.7 Å². The maximum absolute atomic E-state index is 13.3. The highest BCUT2D eigenvalue weighted by molar-refractivity contribution is 6.34. The summed E-state index contributed by atoms with van der Waals surface area (Å²) >= 11 is 6.02. The van der Waals surface area contributed by atoms with Gasteiger partial charge in [0, 0.05) is 38.3 Å². The van der Waals surface area contributed by atoms with Crippen LogP contribution in [0.5, 0.6) is 0 Å². The summed E-state index contributed by atoms with van der Waals surface area (Å²) < 4.78 is 5.14. The third-order valence-electron chi connectivity index (χ3n) is 7.09. The summed E-state index contributed by atoms with van der Waals surface area (Å²) in [6.45, 7) is 3.48. The lowest BCUT2D eigenvalue weighted by Crippen LogP contribution is -2.52. The van der Waals surface area contributed by atoms with Gasteiger partial charge in [-0.1, -0.05) is 54.1 Å². The van der Waals surface area contributed by atoms with E-state index in [0.717, 1.165) is 19.6 Å². The monoisotopic (exact) mass is 545 g/mol. The van der Waals surface area contributed by atoms with Gasteiger partial charge in [0.1, 0.15) is 0 Å². The minimum Gasteiger partial charge on any atom is -0.454 e. The highest BCUT2D eigenvalue weighted by atomic mass is 35.5. The summed E-state index contributed by atoms with van der Waals surface area (Å²) in [5.41, 5.74) is 2.14. The van der Waals surface area contributed by atoms with Crippen LogP contribution >= 0.6 is 11.6 Å². The number of hydrogen-bond acceptors (Lipinski definition) is 7. The van der Waals surface area contributed by atoms with Crippen molar-refractivity contribution >= 4 is 40.9 Å². The van der Waals surface area contributed by atoms with Crippen LogP contribution in [0, 0.1) is 0 Å². The molecule has 0 spiro atoms. The Morgan fingerprint density at radius 3 is 2.21 bits per heavy atom. The zero-order chi connectivity index (χ0) is 27.4. The highest BCUT2D eigenvalue weighted by Crippen LogP contribution is 2.27. The Labute approximate surface area is 231 Å². The molecule has 5 rings (SSSR count). The molecule has 0 radical (unpaired) electrons. The molecular weight excluding hydrogens is 518 g/mol. The van der Waals surface area contributed by atoms with E-state index in [1.54, 1.807) is 36.4 Å². The van der Waals surface area contributed by atoms with E-state index in [0.29, 0.717) is 18.8 Å². The van der Waals surface area contributed by atoms with Crippen LogP contribution in [0.15, 0.2) is 78.9 Å². The van der Waals surface area contributed by atoms with Crippen LogP contribution in [0.2, 0.25) is 5.02 Å². The van der Waals surface area contributed by atoms with Gasteiger partial charge in [-0.25, -0.2) is 9.69 Å². The lowest BCUT2D eigenvalue weighted by Gasteiger charge is -2.37. The summed E-state index contributed by atoms with van der Waals surface area (Å²) in [6.07, 6.45) is 0.130. The third kappa shape index (κ3) is 6.09. The minimum absolute atomic E-state index is 0.130. The van der Waals surface area contributed by atoms with E-state index in [1.807, 2.05) is 18.2 Å².